The summed E-state index contributed by atoms with van der Waals surface area (Å²) >= 11 is 6.07. The monoisotopic (exact) mass is 327 g/mol. The SMILES string of the molecule is O=S(=O)(NC(Br)Br)c1ccccc1. The van der Waals surface area contributed by atoms with Crippen molar-refractivity contribution in [1.29, 1.82) is 0 Å². The van der Waals surface area contributed by atoms with E-state index >= 15 is 0 Å². The van der Waals surface area contributed by atoms with Gasteiger partial charge in [-0.3, -0.25) is 0 Å². The zero-order chi connectivity index (χ0) is 9.90. The molecule has 0 aromatic heterocycles. The number of sulfonamides is 1. The molecule has 1 aromatic carbocycles. The normalized spacial score (nSPS) is 11.9. The van der Waals surface area contributed by atoms with E-state index in [0.29, 0.717) is 0 Å². The highest BCUT2D eigenvalue weighted by atomic mass is 79.9. The van der Waals surface area contributed by atoms with E-state index in [2.05, 4.69) is 36.6 Å². The van der Waals surface area contributed by atoms with Crippen molar-refractivity contribution in [2.24, 2.45) is 0 Å². The van der Waals surface area contributed by atoms with Crippen molar-refractivity contribution in [3.05, 3.63) is 30.3 Å². The van der Waals surface area contributed by atoms with E-state index in [0.717, 1.165) is 0 Å². The first kappa shape index (κ1) is 11.2. The Labute approximate surface area is 93.8 Å². The van der Waals surface area contributed by atoms with Gasteiger partial charge in [0.2, 0.25) is 10.0 Å². The maximum atomic E-state index is 11.5. The van der Waals surface area contributed by atoms with Crippen LogP contribution in [0.2, 0.25) is 0 Å². The molecule has 0 radical (unpaired) electrons. The van der Waals surface area contributed by atoms with Gasteiger partial charge in [0, 0.05) is 0 Å². The molecule has 0 amide bonds. The average molecular weight is 329 g/mol. The Hall–Kier alpha value is 0.0900. The molecule has 3 nitrogen and oxygen atoms in total. The number of alkyl halides is 2. The van der Waals surface area contributed by atoms with Gasteiger partial charge < -0.3 is 0 Å². The van der Waals surface area contributed by atoms with Gasteiger partial charge in [-0.25, -0.2) is 8.42 Å². The minimum Gasteiger partial charge on any atom is -0.207 e. The van der Waals surface area contributed by atoms with Crippen LogP contribution in [0.1, 0.15) is 0 Å². The number of benzene rings is 1. The van der Waals surface area contributed by atoms with Crippen LogP contribution in [0.3, 0.4) is 0 Å². The van der Waals surface area contributed by atoms with Crippen LogP contribution in [0.4, 0.5) is 0 Å². The molecule has 1 aromatic rings. The molecule has 0 unspecified atom stereocenters. The van der Waals surface area contributed by atoms with E-state index in [-0.39, 0.29) is 4.90 Å². The van der Waals surface area contributed by atoms with Crippen LogP contribution < -0.4 is 4.72 Å². The third kappa shape index (κ3) is 3.38. The minimum absolute atomic E-state index is 0.249. The molecule has 6 heteroatoms. The van der Waals surface area contributed by atoms with Gasteiger partial charge in [0.1, 0.15) is 3.86 Å². The van der Waals surface area contributed by atoms with Crippen LogP contribution in [-0.2, 0) is 10.0 Å². The Morgan fingerprint density at radius 2 is 1.69 bits per heavy atom. The zero-order valence-electron chi connectivity index (χ0n) is 6.44. The van der Waals surface area contributed by atoms with Crippen molar-refractivity contribution in [2.75, 3.05) is 0 Å². The fourth-order valence-electron chi connectivity index (χ4n) is 0.785. The molecule has 0 saturated carbocycles. The highest BCUT2D eigenvalue weighted by molar-refractivity contribution is 9.24. The highest BCUT2D eigenvalue weighted by Gasteiger charge is 2.15. The standard InChI is InChI=1S/C7H7Br2NO2S/c8-7(9)10-13(11,12)6-4-2-1-3-5-6/h1-5,7,10H. The number of rotatable bonds is 3. The van der Waals surface area contributed by atoms with E-state index in [1.54, 1.807) is 18.2 Å². The summed E-state index contributed by atoms with van der Waals surface area (Å²) in [6.45, 7) is 0. The fourth-order valence-corrected chi connectivity index (χ4v) is 3.15. The third-order valence-electron chi connectivity index (χ3n) is 1.30. The molecule has 0 atom stereocenters. The summed E-state index contributed by atoms with van der Waals surface area (Å²) in [4.78, 5) is 0.249. The van der Waals surface area contributed by atoms with Gasteiger partial charge in [-0.1, -0.05) is 50.1 Å². The van der Waals surface area contributed by atoms with E-state index in [1.165, 1.54) is 12.1 Å². The lowest BCUT2D eigenvalue weighted by Crippen LogP contribution is -2.26. The van der Waals surface area contributed by atoms with Crippen LogP contribution in [0.25, 0.3) is 0 Å². The Morgan fingerprint density at radius 3 is 2.15 bits per heavy atom. The maximum Gasteiger partial charge on any atom is 0.242 e. The highest BCUT2D eigenvalue weighted by Crippen LogP contribution is 2.12. The van der Waals surface area contributed by atoms with Gasteiger partial charge in [-0.05, 0) is 12.1 Å². The molecule has 72 valence electrons. The van der Waals surface area contributed by atoms with Crippen molar-refractivity contribution in [3.8, 4) is 0 Å². The molecule has 1 N–H and O–H groups in total. The largest absolute Gasteiger partial charge is 0.242 e. The van der Waals surface area contributed by atoms with Gasteiger partial charge in [-0.15, -0.1) is 0 Å². The van der Waals surface area contributed by atoms with E-state index in [9.17, 15) is 8.42 Å². The van der Waals surface area contributed by atoms with Crippen molar-refractivity contribution in [1.82, 2.24) is 4.72 Å². The first-order valence-corrected chi connectivity index (χ1v) is 6.69. The number of halogens is 2. The number of nitrogens with one attached hydrogen (secondary N) is 1. The molecule has 0 spiro atoms. The van der Waals surface area contributed by atoms with E-state index in [1.807, 2.05) is 0 Å². The van der Waals surface area contributed by atoms with Crippen molar-refractivity contribution >= 4 is 41.9 Å². The quantitative estimate of drug-likeness (QED) is 0.681. The predicted octanol–water partition coefficient (Wildman–Crippen LogP) is 2.04. The second-order valence-corrected chi connectivity index (χ2v) is 7.01. The molecule has 0 aliphatic rings. The topological polar surface area (TPSA) is 46.2 Å². The van der Waals surface area contributed by atoms with Crippen molar-refractivity contribution in [3.63, 3.8) is 0 Å². The molecule has 1 rings (SSSR count). The van der Waals surface area contributed by atoms with E-state index in [4.69, 9.17) is 0 Å². The Balaban J connectivity index is 2.96. The molecular weight excluding hydrogens is 322 g/mol. The second kappa shape index (κ2) is 4.54. The fraction of sp³-hybridized carbons (Fsp3) is 0.143. The van der Waals surface area contributed by atoms with Crippen LogP contribution in [-0.4, -0.2) is 12.3 Å². The smallest absolute Gasteiger partial charge is 0.207 e. The van der Waals surface area contributed by atoms with Crippen molar-refractivity contribution < 1.29 is 8.42 Å². The number of hydrogen-bond donors (Lipinski definition) is 1. The second-order valence-electron chi connectivity index (χ2n) is 2.24. The first-order chi connectivity index (χ1) is 6.02. The van der Waals surface area contributed by atoms with Gasteiger partial charge in [0.25, 0.3) is 0 Å². The summed E-state index contributed by atoms with van der Waals surface area (Å²) in [5.41, 5.74) is 0. The predicted molar refractivity (Wildman–Crippen MR) is 58.4 cm³/mol. The van der Waals surface area contributed by atoms with Crippen LogP contribution >= 0.6 is 31.9 Å². The first-order valence-electron chi connectivity index (χ1n) is 3.38. The molecule has 0 bridgehead atoms. The summed E-state index contributed by atoms with van der Waals surface area (Å²) in [7, 11) is -3.40. The Kier molecular flexibility index (Phi) is 3.90. The van der Waals surface area contributed by atoms with Gasteiger partial charge in [0.05, 0.1) is 4.90 Å². The molecule has 0 fully saturated rings. The number of hydrogen-bond acceptors (Lipinski definition) is 2. The van der Waals surface area contributed by atoms with Gasteiger partial charge in [0.15, 0.2) is 0 Å². The van der Waals surface area contributed by atoms with E-state index < -0.39 is 13.9 Å². The van der Waals surface area contributed by atoms with Crippen LogP contribution in [0.15, 0.2) is 35.2 Å². The van der Waals surface area contributed by atoms with Gasteiger partial charge in [-0.2, -0.15) is 4.72 Å². The Bertz CT molecular complexity index is 363. The summed E-state index contributed by atoms with van der Waals surface area (Å²) in [6, 6.07) is 8.17. The van der Waals surface area contributed by atoms with Gasteiger partial charge >= 0.3 is 0 Å². The average Bonchev–Trinajstić information content (AvgIpc) is 2.04. The molecule has 0 aliphatic carbocycles. The van der Waals surface area contributed by atoms with Crippen molar-refractivity contribution in [2.45, 2.75) is 8.76 Å². The zero-order valence-corrected chi connectivity index (χ0v) is 10.4. The maximum absolute atomic E-state index is 11.5. The lowest BCUT2D eigenvalue weighted by Gasteiger charge is -2.06. The third-order valence-corrected chi connectivity index (χ3v) is 3.80. The van der Waals surface area contributed by atoms with Crippen LogP contribution in [0.5, 0.6) is 0 Å². The summed E-state index contributed by atoms with van der Waals surface area (Å²) in [5, 5.41) is 0. The summed E-state index contributed by atoms with van der Waals surface area (Å²) in [5.74, 6) is 0. The lowest BCUT2D eigenvalue weighted by molar-refractivity contribution is 0.586. The molecule has 0 saturated heterocycles. The lowest BCUT2D eigenvalue weighted by atomic mass is 10.4. The molecule has 13 heavy (non-hydrogen) atoms. The molecule has 0 aliphatic heterocycles. The molecular formula is C7H7Br2NO2S. The minimum atomic E-state index is -3.40. The summed E-state index contributed by atoms with van der Waals surface area (Å²) in [6.07, 6.45) is 0. The molecule has 0 heterocycles. The van der Waals surface area contributed by atoms with Crippen LogP contribution in [0, 0.1) is 0 Å². The summed E-state index contributed by atoms with van der Waals surface area (Å²) < 4.78 is 24.8. The Morgan fingerprint density at radius 1 is 1.15 bits per heavy atom.